The maximum Gasteiger partial charge on any atom is 0.220 e. The number of hydrogen-bond donors (Lipinski definition) is 2. The van der Waals surface area contributed by atoms with E-state index in [1.807, 2.05) is 0 Å². The molecule has 19 heavy (non-hydrogen) atoms. The third-order valence-electron chi connectivity index (χ3n) is 2.95. The van der Waals surface area contributed by atoms with E-state index in [1.54, 1.807) is 0 Å². The minimum absolute atomic E-state index is 0.0845. The van der Waals surface area contributed by atoms with Crippen LogP contribution in [0.2, 0.25) is 0 Å². The average molecular weight is 268 g/mol. The van der Waals surface area contributed by atoms with Gasteiger partial charge in [-0.15, -0.1) is 0 Å². The third kappa shape index (κ3) is 3.90. The summed E-state index contributed by atoms with van der Waals surface area (Å²) in [6.07, 6.45) is 0.0845. The maximum absolute atomic E-state index is 12.8. The van der Waals surface area contributed by atoms with E-state index in [-0.39, 0.29) is 18.8 Å². The fourth-order valence-electron chi connectivity index (χ4n) is 2.03. The predicted molar refractivity (Wildman–Crippen MR) is 67.3 cm³/mol. The minimum Gasteiger partial charge on any atom is -0.491 e. The van der Waals surface area contributed by atoms with Gasteiger partial charge in [0.2, 0.25) is 5.91 Å². The topological polar surface area (TPSA) is 73.6 Å². The highest BCUT2D eigenvalue weighted by molar-refractivity contribution is 5.75. The Morgan fingerprint density at radius 2 is 2.21 bits per heavy atom. The Morgan fingerprint density at radius 3 is 2.79 bits per heavy atom. The van der Waals surface area contributed by atoms with E-state index in [0.29, 0.717) is 18.9 Å². The van der Waals surface area contributed by atoms with Crippen molar-refractivity contribution in [2.24, 2.45) is 5.73 Å². The molecule has 2 rings (SSSR count). The second kappa shape index (κ2) is 5.99. The zero-order valence-corrected chi connectivity index (χ0v) is 10.5. The first-order chi connectivity index (χ1) is 9.10. The normalized spacial score (nSPS) is 23.0. The molecule has 1 heterocycles. The second-order valence-electron chi connectivity index (χ2n) is 4.59. The largest absolute Gasteiger partial charge is 0.491 e. The molecule has 0 bridgehead atoms. The molecule has 3 N–H and O–H groups in total. The SMILES string of the molecule is NC(=O)C[C@]1(COc2ccc(F)cc2)CNCCO1. The van der Waals surface area contributed by atoms with Gasteiger partial charge < -0.3 is 20.5 Å². The standard InChI is InChI=1S/C13H17FN2O3/c14-10-1-3-11(4-2-10)18-9-13(7-12(15)17)8-16-5-6-19-13/h1-4,16H,5-9H2,(H2,15,17)/t13-/m1/s1. The summed E-state index contributed by atoms with van der Waals surface area (Å²) in [5.74, 6) is -0.236. The van der Waals surface area contributed by atoms with E-state index in [0.717, 1.165) is 6.54 Å². The van der Waals surface area contributed by atoms with E-state index in [4.69, 9.17) is 15.2 Å². The van der Waals surface area contributed by atoms with Crippen LogP contribution in [0.15, 0.2) is 24.3 Å². The fourth-order valence-corrected chi connectivity index (χ4v) is 2.03. The highest BCUT2D eigenvalue weighted by Crippen LogP contribution is 2.21. The van der Waals surface area contributed by atoms with Crippen LogP contribution in [0.3, 0.4) is 0 Å². The van der Waals surface area contributed by atoms with Crippen molar-refractivity contribution in [2.45, 2.75) is 12.0 Å². The quantitative estimate of drug-likeness (QED) is 0.812. The lowest BCUT2D eigenvalue weighted by Gasteiger charge is -2.36. The highest BCUT2D eigenvalue weighted by Gasteiger charge is 2.36. The number of rotatable bonds is 5. The van der Waals surface area contributed by atoms with E-state index >= 15 is 0 Å². The number of primary amides is 1. The summed E-state index contributed by atoms with van der Waals surface area (Å²) in [6.45, 7) is 1.92. The van der Waals surface area contributed by atoms with Crippen molar-refractivity contribution in [1.29, 1.82) is 0 Å². The van der Waals surface area contributed by atoms with Crippen molar-refractivity contribution in [3.05, 3.63) is 30.1 Å². The first-order valence-corrected chi connectivity index (χ1v) is 6.11. The number of carbonyl (C=O) groups is 1. The lowest BCUT2D eigenvalue weighted by Crippen LogP contribution is -2.55. The molecule has 1 aromatic rings. The van der Waals surface area contributed by atoms with Crippen molar-refractivity contribution in [3.63, 3.8) is 0 Å². The van der Waals surface area contributed by atoms with Crippen molar-refractivity contribution >= 4 is 5.91 Å². The van der Waals surface area contributed by atoms with Gasteiger partial charge in [0.15, 0.2) is 0 Å². The smallest absolute Gasteiger partial charge is 0.220 e. The number of amides is 1. The average Bonchev–Trinajstić information content (AvgIpc) is 2.38. The number of benzene rings is 1. The molecule has 1 aromatic carbocycles. The molecule has 0 aromatic heterocycles. The van der Waals surface area contributed by atoms with Crippen LogP contribution in [0.25, 0.3) is 0 Å². The number of carbonyl (C=O) groups excluding carboxylic acids is 1. The van der Waals surface area contributed by atoms with Gasteiger partial charge in [0.05, 0.1) is 13.0 Å². The Morgan fingerprint density at radius 1 is 1.47 bits per heavy atom. The van der Waals surface area contributed by atoms with Crippen molar-refractivity contribution in [1.82, 2.24) is 5.32 Å². The van der Waals surface area contributed by atoms with Crippen LogP contribution in [-0.2, 0) is 9.53 Å². The lowest BCUT2D eigenvalue weighted by molar-refractivity contribution is -0.133. The summed E-state index contributed by atoms with van der Waals surface area (Å²) in [6, 6.07) is 5.69. The van der Waals surface area contributed by atoms with E-state index in [1.165, 1.54) is 24.3 Å². The van der Waals surface area contributed by atoms with Gasteiger partial charge in [-0.25, -0.2) is 4.39 Å². The van der Waals surface area contributed by atoms with Gasteiger partial charge in [-0.1, -0.05) is 0 Å². The number of nitrogens with one attached hydrogen (secondary N) is 1. The molecule has 1 fully saturated rings. The minimum atomic E-state index is -0.752. The Kier molecular flexibility index (Phi) is 4.34. The monoisotopic (exact) mass is 268 g/mol. The van der Waals surface area contributed by atoms with Gasteiger partial charge >= 0.3 is 0 Å². The molecule has 6 heteroatoms. The summed E-state index contributed by atoms with van der Waals surface area (Å²) in [5.41, 5.74) is 4.49. The predicted octanol–water partition coefficient (Wildman–Crippen LogP) is 0.438. The highest BCUT2D eigenvalue weighted by atomic mass is 19.1. The zero-order valence-electron chi connectivity index (χ0n) is 10.5. The van der Waals surface area contributed by atoms with Crippen LogP contribution < -0.4 is 15.8 Å². The summed E-state index contributed by atoms with van der Waals surface area (Å²) in [7, 11) is 0. The molecule has 1 aliphatic rings. The molecular formula is C13H17FN2O3. The second-order valence-corrected chi connectivity index (χ2v) is 4.59. The van der Waals surface area contributed by atoms with Crippen LogP contribution in [0.1, 0.15) is 6.42 Å². The van der Waals surface area contributed by atoms with Crippen molar-refractivity contribution in [3.8, 4) is 5.75 Å². The van der Waals surface area contributed by atoms with E-state index in [9.17, 15) is 9.18 Å². The number of halogens is 1. The van der Waals surface area contributed by atoms with Crippen molar-refractivity contribution < 1.29 is 18.7 Å². The molecule has 0 unspecified atom stereocenters. The zero-order chi connectivity index (χ0) is 13.7. The first kappa shape index (κ1) is 13.8. The molecule has 1 aliphatic heterocycles. The van der Waals surface area contributed by atoms with Crippen LogP contribution in [0, 0.1) is 5.82 Å². The van der Waals surface area contributed by atoms with Crippen LogP contribution in [0.5, 0.6) is 5.75 Å². The van der Waals surface area contributed by atoms with Crippen LogP contribution in [-0.4, -0.2) is 37.8 Å². The Bertz CT molecular complexity index is 430. The molecule has 0 aliphatic carbocycles. The van der Waals surface area contributed by atoms with Gasteiger partial charge in [-0.05, 0) is 24.3 Å². The van der Waals surface area contributed by atoms with E-state index in [2.05, 4.69) is 5.32 Å². The fraction of sp³-hybridized carbons (Fsp3) is 0.462. The Labute approximate surface area is 110 Å². The molecule has 1 saturated heterocycles. The van der Waals surface area contributed by atoms with Gasteiger partial charge in [-0.3, -0.25) is 4.79 Å². The van der Waals surface area contributed by atoms with Gasteiger partial charge in [0, 0.05) is 13.1 Å². The number of ether oxygens (including phenoxy) is 2. The molecular weight excluding hydrogens is 251 g/mol. The van der Waals surface area contributed by atoms with E-state index < -0.39 is 11.5 Å². The summed E-state index contributed by atoms with van der Waals surface area (Å²) in [4.78, 5) is 11.1. The number of hydrogen-bond acceptors (Lipinski definition) is 4. The molecule has 0 spiro atoms. The number of nitrogens with two attached hydrogens (primary N) is 1. The van der Waals surface area contributed by atoms with Crippen LogP contribution in [0.4, 0.5) is 4.39 Å². The Balaban J connectivity index is 1.99. The Hall–Kier alpha value is -1.66. The van der Waals surface area contributed by atoms with Crippen LogP contribution >= 0.6 is 0 Å². The first-order valence-electron chi connectivity index (χ1n) is 6.11. The summed E-state index contributed by atoms with van der Waals surface area (Å²) < 4.78 is 24.0. The molecule has 0 radical (unpaired) electrons. The lowest BCUT2D eigenvalue weighted by atomic mass is 9.98. The molecule has 1 amide bonds. The molecule has 104 valence electrons. The summed E-state index contributed by atoms with van der Waals surface area (Å²) >= 11 is 0. The third-order valence-corrected chi connectivity index (χ3v) is 2.95. The molecule has 1 atom stereocenters. The molecule has 5 nitrogen and oxygen atoms in total. The summed E-state index contributed by atoms with van der Waals surface area (Å²) in [5, 5.41) is 3.15. The number of morpholine rings is 1. The van der Waals surface area contributed by atoms with Gasteiger partial charge in [-0.2, -0.15) is 0 Å². The van der Waals surface area contributed by atoms with Gasteiger partial charge in [0.25, 0.3) is 0 Å². The molecule has 0 saturated carbocycles. The van der Waals surface area contributed by atoms with Crippen molar-refractivity contribution in [2.75, 3.05) is 26.3 Å². The maximum atomic E-state index is 12.8. The van der Waals surface area contributed by atoms with Gasteiger partial charge in [0.1, 0.15) is 23.8 Å².